The molecule has 72 valence electrons. The van der Waals surface area contributed by atoms with Gasteiger partial charge in [0.1, 0.15) is 6.30 Å². The fraction of sp³-hybridized carbons (Fsp3) is 0.833. The number of likely N-dealkylation sites (N-methyl/N-ethyl adjacent to an activating group) is 1. The first kappa shape index (κ1) is 11.2. The maximum atomic E-state index is 13.1. The standard InChI is InChI=1S/C6H12F2N2O2/c1-10-6(8,5(11)12)3-2-4(7)9/h4,10H,2-3,9H2,1H3,(H,11,12)/t4?,6-/m0/s1. The molecule has 0 aromatic heterocycles. The van der Waals surface area contributed by atoms with E-state index in [0.717, 1.165) is 7.05 Å². The van der Waals surface area contributed by atoms with Gasteiger partial charge in [-0.25, -0.2) is 13.6 Å². The van der Waals surface area contributed by atoms with E-state index in [1.807, 2.05) is 5.32 Å². The molecule has 0 aliphatic heterocycles. The van der Waals surface area contributed by atoms with Gasteiger partial charge in [0, 0.05) is 6.42 Å². The highest BCUT2D eigenvalue weighted by atomic mass is 19.1. The number of rotatable bonds is 5. The van der Waals surface area contributed by atoms with Gasteiger partial charge in [-0.2, -0.15) is 0 Å². The molecule has 0 amide bonds. The third kappa shape index (κ3) is 3.10. The van der Waals surface area contributed by atoms with E-state index in [9.17, 15) is 13.6 Å². The van der Waals surface area contributed by atoms with Crippen LogP contribution in [0, 0.1) is 0 Å². The Morgan fingerprint density at radius 1 is 1.83 bits per heavy atom. The largest absolute Gasteiger partial charge is 0.478 e. The van der Waals surface area contributed by atoms with Crippen LogP contribution in [-0.4, -0.2) is 30.2 Å². The average molecular weight is 182 g/mol. The number of halogens is 2. The van der Waals surface area contributed by atoms with Gasteiger partial charge in [-0.1, -0.05) is 0 Å². The molecule has 2 atom stereocenters. The van der Waals surface area contributed by atoms with Crippen molar-refractivity contribution in [2.75, 3.05) is 7.05 Å². The smallest absolute Gasteiger partial charge is 0.356 e. The van der Waals surface area contributed by atoms with Gasteiger partial charge in [0.15, 0.2) is 0 Å². The van der Waals surface area contributed by atoms with Crippen molar-refractivity contribution in [2.24, 2.45) is 5.73 Å². The fourth-order valence-corrected chi connectivity index (χ4v) is 0.676. The van der Waals surface area contributed by atoms with Gasteiger partial charge in [-0.3, -0.25) is 5.32 Å². The van der Waals surface area contributed by atoms with Gasteiger partial charge in [0.2, 0.25) is 0 Å². The highest BCUT2D eigenvalue weighted by molar-refractivity contribution is 5.76. The first-order valence-electron chi connectivity index (χ1n) is 3.43. The van der Waals surface area contributed by atoms with E-state index in [0.29, 0.717) is 0 Å². The van der Waals surface area contributed by atoms with Crippen molar-refractivity contribution in [1.82, 2.24) is 5.32 Å². The molecular weight excluding hydrogens is 170 g/mol. The van der Waals surface area contributed by atoms with Crippen LogP contribution in [0.3, 0.4) is 0 Å². The maximum absolute atomic E-state index is 13.1. The molecule has 4 N–H and O–H groups in total. The lowest BCUT2D eigenvalue weighted by molar-refractivity contribution is -0.153. The maximum Gasteiger partial charge on any atom is 0.356 e. The van der Waals surface area contributed by atoms with Crippen LogP contribution in [-0.2, 0) is 4.79 Å². The molecule has 0 heterocycles. The monoisotopic (exact) mass is 182 g/mol. The van der Waals surface area contributed by atoms with Crippen LogP contribution in [0.25, 0.3) is 0 Å². The molecule has 0 aromatic carbocycles. The molecule has 6 heteroatoms. The number of hydrogen-bond acceptors (Lipinski definition) is 3. The zero-order chi connectivity index (χ0) is 9.78. The van der Waals surface area contributed by atoms with Crippen LogP contribution in [0.4, 0.5) is 8.78 Å². The Bertz CT molecular complexity index is 166. The third-order valence-electron chi connectivity index (χ3n) is 1.50. The molecule has 0 saturated heterocycles. The highest BCUT2D eigenvalue weighted by Crippen LogP contribution is 2.15. The molecule has 0 aliphatic rings. The predicted octanol–water partition coefficient (Wildman–Crippen LogP) is -0.00930. The number of carboxylic acids is 1. The van der Waals surface area contributed by atoms with Gasteiger partial charge < -0.3 is 10.8 Å². The van der Waals surface area contributed by atoms with Crippen LogP contribution in [0.15, 0.2) is 0 Å². The number of alkyl halides is 2. The molecular formula is C6H12F2N2O2. The summed E-state index contributed by atoms with van der Waals surface area (Å²) in [5.41, 5.74) is 4.70. The molecule has 0 radical (unpaired) electrons. The number of hydrogen-bond donors (Lipinski definition) is 3. The predicted molar refractivity (Wildman–Crippen MR) is 38.9 cm³/mol. The molecule has 0 spiro atoms. The summed E-state index contributed by atoms with van der Waals surface area (Å²) in [6.45, 7) is 0. The lowest BCUT2D eigenvalue weighted by atomic mass is 10.1. The quantitative estimate of drug-likeness (QED) is 0.523. The Kier molecular flexibility index (Phi) is 4.05. The Labute approximate surface area is 68.7 Å². The van der Waals surface area contributed by atoms with E-state index in [-0.39, 0.29) is 6.42 Å². The van der Waals surface area contributed by atoms with E-state index in [2.05, 4.69) is 0 Å². The molecule has 0 saturated carbocycles. The lowest BCUT2D eigenvalue weighted by Crippen LogP contribution is -2.46. The van der Waals surface area contributed by atoms with Crippen molar-refractivity contribution in [2.45, 2.75) is 24.9 Å². The number of aliphatic carboxylic acids is 1. The summed E-state index contributed by atoms with van der Waals surface area (Å²) in [5.74, 6) is -4.24. The van der Waals surface area contributed by atoms with Crippen molar-refractivity contribution in [3.63, 3.8) is 0 Å². The second kappa shape index (κ2) is 4.32. The average Bonchev–Trinajstić information content (AvgIpc) is 1.99. The lowest BCUT2D eigenvalue weighted by Gasteiger charge is -2.19. The normalized spacial score (nSPS) is 18.3. The molecule has 1 unspecified atom stereocenters. The van der Waals surface area contributed by atoms with E-state index in [4.69, 9.17) is 10.8 Å². The number of nitrogens with one attached hydrogen (secondary N) is 1. The van der Waals surface area contributed by atoms with Crippen molar-refractivity contribution in [3.05, 3.63) is 0 Å². The van der Waals surface area contributed by atoms with Gasteiger partial charge in [0.05, 0.1) is 0 Å². The summed E-state index contributed by atoms with van der Waals surface area (Å²) in [4.78, 5) is 10.3. The number of nitrogens with two attached hydrogens (primary N) is 1. The second-order valence-corrected chi connectivity index (χ2v) is 2.41. The van der Waals surface area contributed by atoms with E-state index in [1.165, 1.54) is 0 Å². The van der Waals surface area contributed by atoms with E-state index in [1.54, 1.807) is 0 Å². The summed E-state index contributed by atoms with van der Waals surface area (Å²) < 4.78 is 25.1. The van der Waals surface area contributed by atoms with Crippen molar-refractivity contribution in [1.29, 1.82) is 0 Å². The Morgan fingerprint density at radius 3 is 2.58 bits per heavy atom. The third-order valence-corrected chi connectivity index (χ3v) is 1.50. The Hall–Kier alpha value is -0.750. The van der Waals surface area contributed by atoms with Crippen LogP contribution in [0.5, 0.6) is 0 Å². The Morgan fingerprint density at radius 2 is 2.33 bits per heavy atom. The summed E-state index contributed by atoms with van der Waals surface area (Å²) in [5, 5.41) is 10.3. The summed E-state index contributed by atoms with van der Waals surface area (Å²) in [6, 6.07) is 0. The van der Waals surface area contributed by atoms with Gasteiger partial charge in [-0.15, -0.1) is 0 Å². The second-order valence-electron chi connectivity index (χ2n) is 2.41. The minimum atomic E-state index is -2.58. The van der Waals surface area contributed by atoms with E-state index < -0.39 is 24.5 Å². The summed E-state index contributed by atoms with van der Waals surface area (Å²) >= 11 is 0. The first-order chi connectivity index (χ1) is 5.42. The van der Waals surface area contributed by atoms with Crippen LogP contribution in [0.1, 0.15) is 12.8 Å². The number of carboxylic acid groups (broad SMARTS) is 1. The summed E-state index contributed by atoms with van der Waals surface area (Å²) in [6.07, 6.45) is -2.51. The van der Waals surface area contributed by atoms with Crippen LogP contribution in [0.2, 0.25) is 0 Å². The van der Waals surface area contributed by atoms with Gasteiger partial charge in [0.25, 0.3) is 5.79 Å². The minimum absolute atomic E-state index is 0.330. The molecule has 4 nitrogen and oxygen atoms in total. The van der Waals surface area contributed by atoms with Crippen LogP contribution >= 0.6 is 0 Å². The topological polar surface area (TPSA) is 75.3 Å². The highest BCUT2D eigenvalue weighted by Gasteiger charge is 2.36. The molecule has 0 bridgehead atoms. The van der Waals surface area contributed by atoms with Crippen molar-refractivity contribution >= 4 is 5.97 Å². The van der Waals surface area contributed by atoms with Gasteiger partial charge >= 0.3 is 5.97 Å². The molecule has 0 fully saturated rings. The molecule has 0 aromatic rings. The fourth-order valence-electron chi connectivity index (χ4n) is 0.676. The summed E-state index contributed by atoms with van der Waals surface area (Å²) in [7, 11) is 1.15. The van der Waals surface area contributed by atoms with Crippen LogP contribution < -0.4 is 11.1 Å². The SMILES string of the molecule is CN[C@@](F)(CCC(N)F)C(=O)O. The first-order valence-corrected chi connectivity index (χ1v) is 3.43. The van der Waals surface area contributed by atoms with Gasteiger partial charge in [-0.05, 0) is 13.5 Å². The van der Waals surface area contributed by atoms with E-state index >= 15 is 0 Å². The minimum Gasteiger partial charge on any atom is -0.478 e. The molecule has 12 heavy (non-hydrogen) atoms. The zero-order valence-electron chi connectivity index (χ0n) is 6.68. The zero-order valence-corrected chi connectivity index (χ0v) is 6.68. The van der Waals surface area contributed by atoms with Crippen molar-refractivity contribution < 1.29 is 18.7 Å². The Balaban J connectivity index is 4.06. The molecule has 0 aliphatic carbocycles. The molecule has 0 rings (SSSR count). The van der Waals surface area contributed by atoms with Crippen molar-refractivity contribution in [3.8, 4) is 0 Å². The number of carbonyl (C=O) groups is 1.